The minimum absolute atomic E-state index is 0.0322. The number of aliphatic hydroxyl groups excluding tert-OH is 1. The summed E-state index contributed by atoms with van der Waals surface area (Å²) in [6.07, 6.45) is 2.59. The van der Waals surface area contributed by atoms with Crippen molar-refractivity contribution in [2.24, 2.45) is 5.92 Å². The van der Waals surface area contributed by atoms with Crippen LogP contribution in [0.5, 0.6) is 5.75 Å². The van der Waals surface area contributed by atoms with Crippen LogP contribution in [0.25, 0.3) is 0 Å². The molecule has 0 aromatic heterocycles. The summed E-state index contributed by atoms with van der Waals surface area (Å²) in [5.74, 6) is 1.20. The predicted octanol–water partition coefficient (Wildman–Crippen LogP) is 1.72. The van der Waals surface area contributed by atoms with Crippen molar-refractivity contribution in [2.45, 2.75) is 38.3 Å². The molecular weight excluding hydrogens is 292 g/mol. The van der Waals surface area contributed by atoms with Gasteiger partial charge in [-0.25, -0.2) is 0 Å². The van der Waals surface area contributed by atoms with Gasteiger partial charge < -0.3 is 15.2 Å². The zero-order valence-corrected chi connectivity index (χ0v) is 13.7. The van der Waals surface area contributed by atoms with Crippen molar-refractivity contribution in [2.75, 3.05) is 26.2 Å². The Balaban J connectivity index is 1.56. The first-order valence-corrected chi connectivity index (χ1v) is 8.55. The van der Waals surface area contributed by atoms with Crippen molar-refractivity contribution in [3.63, 3.8) is 0 Å². The zero-order chi connectivity index (χ0) is 16.2. The summed E-state index contributed by atoms with van der Waals surface area (Å²) < 4.78 is 5.64. The Morgan fingerprint density at radius 1 is 1.43 bits per heavy atom. The molecule has 2 aliphatic rings. The second-order valence-corrected chi connectivity index (χ2v) is 6.67. The molecule has 3 rings (SSSR count). The van der Waals surface area contributed by atoms with Crippen LogP contribution >= 0.6 is 0 Å². The molecule has 2 N–H and O–H groups in total. The van der Waals surface area contributed by atoms with Crippen LogP contribution in [0.1, 0.15) is 37.8 Å². The van der Waals surface area contributed by atoms with Crippen LogP contribution in [0, 0.1) is 5.92 Å². The number of aliphatic hydroxyl groups is 1. The Morgan fingerprint density at radius 2 is 2.26 bits per heavy atom. The van der Waals surface area contributed by atoms with E-state index in [4.69, 9.17) is 4.74 Å². The average Bonchev–Trinajstić information content (AvgIpc) is 2.55. The molecule has 0 spiro atoms. The largest absolute Gasteiger partial charge is 0.493 e. The van der Waals surface area contributed by atoms with E-state index in [-0.39, 0.29) is 24.0 Å². The van der Waals surface area contributed by atoms with Gasteiger partial charge in [0.1, 0.15) is 5.75 Å². The molecule has 0 saturated carbocycles. The molecule has 1 amide bonds. The molecule has 1 aromatic rings. The van der Waals surface area contributed by atoms with E-state index in [2.05, 4.69) is 10.2 Å². The summed E-state index contributed by atoms with van der Waals surface area (Å²) in [5, 5.41) is 12.9. The third-order valence-electron chi connectivity index (χ3n) is 4.89. The molecule has 5 nitrogen and oxygen atoms in total. The first-order chi connectivity index (χ1) is 11.1. The number of hydrogen-bond acceptors (Lipinski definition) is 4. The molecule has 1 saturated heterocycles. The van der Waals surface area contributed by atoms with Crippen molar-refractivity contribution in [1.29, 1.82) is 0 Å². The third-order valence-corrected chi connectivity index (χ3v) is 4.89. The highest BCUT2D eigenvalue weighted by molar-refractivity contribution is 5.78. The highest BCUT2D eigenvalue weighted by atomic mass is 16.5. The van der Waals surface area contributed by atoms with Crippen LogP contribution < -0.4 is 10.1 Å². The second kappa shape index (κ2) is 7.32. The number of likely N-dealkylation sites (tertiary alicyclic amines) is 1. The van der Waals surface area contributed by atoms with E-state index in [1.807, 2.05) is 31.2 Å². The molecule has 0 aliphatic carbocycles. The molecule has 0 bridgehead atoms. The van der Waals surface area contributed by atoms with Gasteiger partial charge >= 0.3 is 0 Å². The van der Waals surface area contributed by atoms with Crippen molar-refractivity contribution in [1.82, 2.24) is 10.2 Å². The molecule has 23 heavy (non-hydrogen) atoms. The van der Waals surface area contributed by atoms with Gasteiger partial charge in [-0.05, 0) is 38.3 Å². The van der Waals surface area contributed by atoms with E-state index in [1.165, 1.54) is 0 Å². The van der Waals surface area contributed by atoms with Gasteiger partial charge in [-0.15, -0.1) is 0 Å². The number of nitrogens with one attached hydrogen (secondary N) is 1. The number of nitrogens with zero attached hydrogens (tertiary/aromatic N) is 1. The van der Waals surface area contributed by atoms with Crippen LogP contribution in [-0.2, 0) is 4.79 Å². The molecule has 1 aromatic carbocycles. The summed E-state index contributed by atoms with van der Waals surface area (Å²) in [6.45, 7) is 4.61. The van der Waals surface area contributed by atoms with Crippen molar-refractivity contribution >= 4 is 5.91 Å². The normalized spacial score (nSPS) is 26.0. The highest BCUT2D eigenvalue weighted by Crippen LogP contribution is 2.31. The van der Waals surface area contributed by atoms with Gasteiger partial charge in [-0.2, -0.15) is 0 Å². The number of rotatable bonds is 4. The number of para-hydroxylation sites is 1. The molecule has 3 atom stereocenters. The summed E-state index contributed by atoms with van der Waals surface area (Å²) in [7, 11) is 0. The van der Waals surface area contributed by atoms with Gasteiger partial charge in [0.15, 0.2) is 0 Å². The van der Waals surface area contributed by atoms with E-state index in [0.29, 0.717) is 13.2 Å². The SMILES string of the molecule is CC(O)C1CCCN(CC(=O)NC2CCOc3ccccc32)C1. The van der Waals surface area contributed by atoms with E-state index in [0.717, 1.165) is 43.7 Å². The molecule has 2 aliphatic heterocycles. The summed E-state index contributed by atoms with van der Waals surface area (Å²) in [4.78, 5) is 14.6. The highest BCUT2D eigenvalue weighted by Gasteiger charge is 2.27. The number of piperidine rings is 1. The minimum Gasteiger partial charge on any atom is -0.493 e. The van der Waals surface area contributed by atoms with Crippen LogP contribution in [0.15, 0.2) is 24.3 Å². The molecule has 1 fully saturated rings. The minimum atomic E-state index is -0.303. The lowest BCUT2D eigenvalue weighted by Gasteiger charge is -2.34. The van der Waals surface area contributed by atoms with E-state index in [9.17, 15) is 9.90 Å². The Labute approximate surface area is 137 Å². The van der Waals surface area contributed by atoms with E-state index < -0.39 is 0 Å². The first kappa shape index (κ1) is 16.3. The number of ether oxygens (including phenoxy) is 1. The van der Waals surface area contributed by atoms with Gasteiger partial charge in [0.2, 0.25) is 5.91 Å². The second-order valence-electron chi connectivity index (χ2n) is 6.67. The van der Waals surface area contributed by atoms with Gasteiger partial charge in [0, 0.05) is 18.5 Å². The lowest BCUT2D eigenvalue weighted by Crippen LogP contribution is -2.45. The van der Waals surface area contributed by atoms with Gasteiger partial charge in [-0.3, -0.25) is 9.69 Å². The van der Waals surface area contributed by atoms with Crippen LogP contribution in [0.2, 0.25) is 0 Å². The Bertz CT molecular complexity index is 547. The lowest BCUT2D eigenvalue weighted by atomic mass is 9.93. The topological polar surface area (TPSA) is 61.8 Å². The van der Waals surface area contributed by atoms with E-state index >= 15 is 0 Å². The van der Waals surface area contributed by atoms with Crippen molar-refractivity contribution in [3.8, 4) is 5.75 Å². The average molecular weight is 318 g/mol. The summed E-state index contributed by atoms with van der Waals surface area (Å²) >= 11 is 0. The molecule has 5 heteroatoms. The Kier molecular flexibility index (Phi) is 5.18. The van der Waals surface area contributed by atoms with Gasteiger partial charge in [0.25, 0.3) is 0 Å². The number of fused-ring (bicyclic) bond motifs is 1. The summed E-state index contributed by atoms with van der Waals surface area (Å²) in [5.41, 5.74) is 1.06. The zero-order valence-electron chi connectivity index (χ0n) is 13.7. The Morgan fingerprint density at radius 3 is 3.09 bits per heavy atom. The molecule has 0 radical (unpaired) electrons. The molecule has 3 unspecified atom stereocenters. The maximum Gasteiger partial charge on any atom is 0.234 e. The van der Waals surface area contributed by atoms with Gasteiger partial charge in [-0.1, -0.05) is 18.2 Å². The van der Waals surface area contributed by atoms with Crippen molar-refractivity contribution < 1.29 is 14.6 Å². The fraction of sp³-hybridized carbons (Fsp3) is 0.611. The molecular formula is C18H26N2O3. The smallest absolute Gasteiger partial charge is 0.234 e. The number of amides is 1. The predicted molar refractivity (Wildman–Crippen MR) is 88.3 cm³/mol. The number of carbonyl (C=O) groups excluding carboxylic acids is 1. The first-order valence-electron chi connectivity index (χ1n) is 8.55. The quantitative estimate of drug-likeness (QED) is 0.887. The summed E-state index contributed by atoms with van der Waals surface area (Å²) in [6, 6.07) is 7.93. The van der Waals surface area contributed by atoms with Crippen LogP contribution in [0.3, 0.4) is 0 Å². The van der Waals surface area contributed by atoms with Gasteiger partial charge in [0.05, 0.1) is 25.3 Å². The van der Waals surface area contributed by atoms with Crippen molar-refractivity contribution in [3.05, 3.63) is 29.8 Å². The number of carbonyl (C=O) groups is 1. The van der Waals surface area contributed by atoms with Crippen LogP contribution in [-0.4, -0.2) is 48.3 Å². The lowest BCUT2D eigenvalue weighted by molar-refractivity contribution is -0.123. The third kappa shape index (κ3) is 4.03. The monoisotopic (exact) mass is 318 g/mol. The maximum absolute atomic E-state index is 12.4. The standard InChI is InChI=1S/C18H26N2O3/c1-13(21)14-5-4-9-20(11-14)12-18(22)19-16-8-10-23-17-7-3-2-6-15(16)17/h2-3,6-7,13-14,16,21H,4-5,8-12H2,1H3,(H,19,22). The maximum atomic E-state index is 12.4. The van der Waals surface area contributed by atoms with E-state index in [1.54, 1.807) is 0 Å². The van der Waals surface area contributed by atoms with Crippen LogP contribution in [0.4, 0.5) is 0 Å². The fourth-order valence-electron chi connectivity index (χ4n) is 3.56. The Hall–Kier alpha value is -1.59. The molecule has 126 valence electrons. The number of benzene rings is 1. The fourth-order valence-corrected chi connectivity index (χ4v) is 3.56. The number of hydrogen-bond donors (Lipinski definition) is 2. The molecule has 2 heterocycles.